The van der Waals surface area contributed by atoms with Gasteiger partial charge < -0.3 is 9.64 Å². The van der Waals surface area contributed by atoms with Crippen LogP contribution < -0.4 is 0 Å². The Kier molecular flexibility index (Phi) is 3.52. The van der Waals surface area contributed by atoms with Crippen LogP contribution in [0.5, 0.6) is 0 Å². The summed E-state index contributed by atoms with van der Waals surface area (Å²) in [6, 6.07) is 3.58. The summed E-state index contributed by atoms with van der Waals surface area (Å²) in [6.07, 6.45) is 3.43. The molecule has 1 aliphatic heterocycles. The van der Waals surface area contributed by atoms with Crippen LogP contribution in [0.15, 0.2) is 30.0 Å². The van der Waals surface area contributed by atoms with Gasteiger partial charge in [-0.15, -0.1) is 11.3 Å². The van der Waals surface area contributed by atoms with Crippen LogP contribution in [0.2, 0.25) is 0 Å². The molecule has 0 aliphatic carbocycles. The first-order valence-electron chi connectivity index (χ1n) is 6.06. The molecule has 0 N–H and O–H groups in total. The number of rotatable bonds is 2. The number of pyridine rings is 1. The smallest absolute Gasteiger partial charge is 0.254 e. The van der Waals surface area contributed by atoms with E-state index in [1.54, 1.807) is 24.0 Å². The maximum atomic E-state index is 12.4. The zero-order chi connectivity index (χ0) is 13.1. The molecular weight excluding hydrogens is 262 g/mol. The van der Waals surface area contributed by atoms with Gasteiger partial charge in [0.2, 0.25) is 0 Å². The molecule has 1 fully saturated rings. The largest absolute Gasteiger partial charge is 0.378 e. The Labute approximate surface area is 114 Å². The molecule has 0 atom stereocenters. The third-order valence-electron chi connectivity index (χ3n) is 2.99. The summed E-state index contributed by atoms with van der Waals surface area (Å²) < 4.78 is 5.26. The minimum absolute atomic E-state index is 0.0384. The monoisotopic (exact) mass is 275 g/mol. The topological polar surface area (TPSA) is 55.3 Å². The molecule has 1 aliphatic rings. The van der Waals surface area contributed by atoms with Crippen LogP contribution in [0, 0.1) is 0 Å². The molecule has 5 nitrogen and oxygen atoms in total. The first-order valence-corrected chi connectivity index (χ1v) is 6.94. The number of ether oxygens (including phenoxy) is 1. The molecule has 6 heteroatoms. The van der Waals surface area contributed by atoms with Gasteiger partial charge in [0.25, 0.3) is 5.91 Å². The van der Waals surface area contributed by atoms with Gasteiger partial charge in [-0.3, -0.25) is 14.8 Å². The van der Waals surface area contributed by atoms with E-state index in [1.807, 2.05) is 11.0 Å². The molecule has 1 saturated heterocycles. The Morgan fingerprint density at radius 3 is 2.95 bits per heavy atom. The maximum absolute atomic E-state index is 12.4. The van der Waals surface area contributed by atoms with Gasteiger partial charge in [-0.1, -0.05) is 0 Å². The molecule has 19 heavy (non-hydrogen) atoms. The number of aromatic nitrogens is 2. The first-order chi connectivity index (χ1) is 9.34. The third-order valence-corrected chi connectivity index (χ3v) is 3.79. The second-order valence-electron chi connectivity index (χ2n) is 4.20. The van der Waals surface area contributed by atoms with Crippen LogP contribution in [0.1, 0.15) is 10.4 Å². The Balaban J connectivity index is 1.84. The summed E-state index contributed by atoms with van der Waals surface area (Å²) in [4.78, 5) is 23.4. The van der Waals surface area contributed by atoms with E-state index < -0.39 is 0 Å². The van der Waals surface area contributed by atoms with Gasteiger partial charge in [-0.05, 0) is 12.1 Å². The lowest BCUT2D eigenvalue weighted by molar-refractivity contribution is 0.0303. The highest BCUT2D eigenvalue weighted by atomic mass is 32.1. The van der Waals surface area contributed by atoms with Crippen molar-refractivity contribution in [2.24, 2.45) is 0 Å². The van der Waals surface area contributed by atoms with E-state index in [9.17, 15) is 4.79 Å². The van der Waals surface area contributed by atoms with Crippen molar-refractivity contribution in [3.8, 4) is 10.6 Å². The minimum Gasteiger partial charge on any atom is -0.378 e. The molecule has 0 saturated carbocycles. The van der Waals surface area contributed by atoms with E-state index >= 15 is 0 Å². The van der Waals surface area contributed by atoms with E-state index in [-0.39, 0.29) is 5.91 Å². The predicted molar refractivity (Wildman–Crippen MR) is 72.1 cm³/mol. The molecular formula is C13H13N3O2S. The van der Waals surface area contributed by atoms with E-state index in [0.29, 0.717) is 31.9 Å². The number of morpholine rings is 1. The third kappa shape index (κ3) is 2.64. The Hall–Kier alpha value is -1.79. The highest BCUT2D eigenvalue weighted by Crippen LogP contribution is 2.22. The summed E-state index contributed by atoms with van der Waals surface area (Å²) in [5, 5.41) is 0. The first kappa shape index (κ1) is 12.3. The molecule has 0 bridgehead atoms. The van der Waals surface area contributed by atoms with E-state index in [0.717, 1.165) is 10.6 Å². The number of nitrogens with zero attached hydrogens (tertiary/aromatic N) is 3. The van der Waals surface area contributed by atoms with Crippen molar-refractivity contribution >= 4 is 17.2 Å². The minimum atomic E-state index is 0.0384. The molecule has 3 rings (SSSR count). The second kappa shape index (κ2) is 5.46. The quantitative estimate of drug-likeness (QED) is 0.836. The molecule has 0 unspecified atom stereocenters. The Bertz CT molecular complexity index is 565. The van der Waals surface area contributed by atoms with Crippen LogP contribution in [0.4, 0.5) is 0 Å². The van der Waals surface area contributed by atoms with Crippen molar-refractivity contribution in [3.05, 3.63) is 35.6 Å². The number of carbonyl (C=O) groups is 1. The Morgan fingerprint density at radius 1 is 1.37 bits per heavy atom. The van der Waals surface area contributed by atoms with Crippen LogP contribution >= 0.6 is 11.3 Å². The van der Waals surface area contributed by atoms with Crippen LogP contribution in [-0.4, -0.2) is 47.1 Å². The Morgan fingerprint density at radius 2 is 2.21 bits per heavy atom. The summed E-state index contributed by atoms with van der Waals surface area (Å²) in [6.45, 7) is 2.52. The average Bonchev–Trinajstić information content (AvgIpc) is 3.02. The second-order valence-corrected chi connectivity index (χ2v) is 5.09. The van der Waals surface area contributed by atoms with Crippen molar-refractivity contribution in [1.82, 2.24) is 14.9 Å². The van der Waals surface area contributed by atoms with Crippen molar-refractivity contribution in [3.63, 3.8) is 0 Å². The van der Waals surface area contributed by atoms with Crippen LogP contribution in [0.25, 0.3) is 10.6 Å². The lowest BCUT2D eigenvalue weighted by Crippen LogP contribution is -2.40. The van der Waals surface area contributed by atoms with Gasteiger partial charge in [0, 0.05) is 31.0 Å². The SMILES string of the molecule is O=C(c1ccnc(-c2cncs2)c1)N1CCOCC1. The molecule has 3 heterocycles. The molecule has 2 aromatic rings. The number of amides is 1. The zero-order valence-corrected chi connectivity index (χ0v) is 11.1. The van der Waals surface area contributed by atoms with Crippen molar-refractivity contribution < 1.29 is 9.53 Å². The molecule has 1 amide bonds. The number of thiazole rings is 1. The van der Waals surface area contributed by atoms with Gasteiger partial charge in [0.05, 0.1) is 29.3 Å². The normalized spacial score (nSPS) is 15.5. The fourth-order valence-electron chi connectivity index (χ4n) is 1.99. The summed E-state index contributed by atoms with van der Waals surface area (Å²) in [5.74, 6) is 0.0384. The summed E-state index contributed by atoms with van der Waals surface area (Å²) in [5.41, 5.74) is 3.22. The highest BCUT2D eigenvalue weighted by Gasteiger charge is 2.19. The van der Waals surface area contributed by atoms with Gasteiger partial charge in [0.15, 0.2) is 0 Å². The lowest BCUT2D eigenvalue weighted by atomic mass is 10.2. The van der Waals surface area contributed by atoms with Crippen molar-refractivity contribution in [2.45, 2.75) is 0 Å². The zero-order valence-electron chi connectivity index (χ0n) is 10.3. The van der Waals surface area contributed by atoms with E-state index in [4.69, 9.17) is 4.74 Å². The van der Waals surface area contributed by atoms with E-state index in [1.165, 1.54) is 11.3 Å². The summed E-state index contributed by atoms with van der Waals surface area (Å²) >= 11 is 1.51. The number of hydrogen-bond donors (Lipinski definition) is 0. The number of carbonyl (C=O) groups excluding carboxylic acids is 1. The molecule has 0 spiro atoms. The van der Waals surface area contributed by atoms with Gasteiger partial charge in [-0.2, -0.15) is 0 Å². The fourth-order valence-corrected chi connectivity index (χ4v) is 2.58. The van der Waals surface area contributed by atoms with Crippen molar-refractivity contribution in [1.29, 1.82) is 0 Å². The standard InChI is InChI=1S/C13H13N3O2S/c17-13(16-3-5-18-6-4-16)10-1-2-15-11(7-10)12-8-14-9-19-12/h1-2,7-9H,3-6H2. The lowest BCUT2D eigenvalue weighted by Gasteiger charge is -2.26. The van der Waals surface area contributed by atoms with Gasteiger partial charge in [-0.25, -0.2) is 0 Å². The molecule has 0 aromatic carbocycles. The van der Waals surface area contributed by atoms with Crippen molar-refractivity contribution in [2.75, 3.05) is 26.3 Å². The fraction of sp³-hybridized carbons (Fsp3) is 0.308. The molecule has 98 valence electrons. The maximum Gasteiger partial charge on any atom is 0.254 e. The highest BCUT2D eigenvalue weighted by molar-refractivity contribution is 7.13. The van der Waals surface area contributed by atoms with Crippen LogP contribution in [0.3, 0.4) is 0 Å². The van der Waals surface area contributed by atoms with Gasteiger partial charge >= 0.3 is 0 Å². The average molecular weight is 275 g/mol. The molecule has 0 radical (unpaired) electrons. The van der Waals surface area contributed by atoms with Crippen LogP contribution in [-0.2, 0) is 4.74 Å². The van der Waals surface area contributed by atoms with E-state index in [2.05, 4.69) is 9.97 Å². The number of hydrogen-bond acceptors (Lipinski definition) is 5. The molecule has 2 aromatic heterocycles. The van der Waals surface area contributed by atoms with Gasteiger partial charge in [0.1, 0.15) is 0 Å². The predicted octanol–water partition coefficient (Wildman–Crippen LogP) is 1.68. The summed E-state index contributed by atoms with van der Waals surface area (Å²) in [7, 11) is 0.